The van der Waals surface area contributed by atoms with E-state index in [4.69, 9.17) is 10.5 Å². The van der Waals surface area contributed by atoms with Crippen LogP contribution in [0.5, 0.6) is 5.75 Å². The number of hydrogen-bond acceptors (Lipinski definition) is 4. The topological polar surface area (TPSA) is 66.0 Å². The van der Waals surface area contributed by atoms with Gasteiger partial charge < -0.3 is 10.5 Å². The highest BCUT2D eigenvalue weighted by Gasteiger charge is 2.07. The predicted octanol–water partition coefficient (Wildman–Crippen LogP) is 1.76. The van der Waals surface area contributed by atoms with E-state index in [-0.39, 0.29) is 5.82 Å². The average molecular weight is 278 g/mol. The third kappa shape index (κ3) is 3.77. The van der Waals surface area contributed by atoms with Crippen LogP contribution in [0.1, 0.15) is 24.1 Å². The first-order valence-corrected chi connectivity index (χ1v) is 6.64. The number of unbranched alkanes of at least 4 members (excludes halogenated alkanes) is 1. The maximum atomic E-state index is 13.3. The van der Waals surface area contributed by atoms with Crippen LogP contribution in [-0.4, -0.2) is 28.6 Å². The number of ether oxygens (including phenoxy) is 1. The second-order valence-electron chi connectivity index (χ2n) is 4.61. The normalized spacial score (nSPS) is 10.8. The summed E-state index contributed by atoms with van der Waals surface area (Å²) in [6.07, 6.45) is 4.71. The summed E-state index contributed by atoms with van der Waals surface area (Å²) in [5.74, 6) is 0.357. The minimum Gasteiger partial charge on any atom is -0.496 e. The SMILES string of the molecule is COc1ccc(F)cc1Cn1cc(CCCCN)nn1. The van der Waals surface area contributed by atoms with Crippen LogP contribution in [0.2, 0.25) is 0 Å². The van der Waals surface area contributed by atoms with Crippen molar-refractivity contribution in [1.29, 1.82) is 0 Å². The third-order valence-electron chi connectivity index (χ3n) is 3.05. The standard InChI is InChI=1S/C14H19FN4O/c1-20-14-6-5-12(15)8-11(14)9-19-10-13(17-18-19)4-2-3-7-16/h5-6,8,10H,2-4,7,9,16H2,1H3. The van der Waals surface area contributed by atoms with Gasteiger partial charge in [-0.15, -0.1) is 5.10 Å². The van der Waals surface area contributed by atoms with Gasteiger partial charge in [0.1, 0.15) is 11.6 Å². The first-order valence-electron chi connectivity index (χ1n) is 6.64. The summed E-state index contributed by atoms with van der Waals surface area (Å²) < 4.78 is 20.2. The number of rotatable bonds is 7. The fraction of sp³-hybridized carbons (Fsp3) is 0.429. The molecule has 0 aliphatic carbocycles. The molecule has 6 heteroatoms. The minimum absolute atomic E-state index is 0.288. The van der Waals surface area contributed by atoms with Gasteiger partial charge in [-0.05, 0) is 44.0 Å². The van der Waals surface area contributed by atoms with E-state index in [9.17, 15) is 4.39 Å². The number of aryl methyl sites for hydroxylation is 1. The van der Waals surface area contributed by atoms with Crippen molar-refractivity contribution < 1.29 is 9.13 Å². The number of benzene rings is 1. The Kier molecular flexibility index (Phi) is 5.06. The zero-order chi connectivity index (χ0) is 14.4. The molecule has 0 amide bonds. The van der Waals surface area contributed by atoms with Crippen molar-refractivity contribution >= 4 is 0 Å². The second-order valence-corrected chi connectivity index (χ2v) is 4.61. The molecule has 0 fully saturated rings. The molecule has 2 rings (SSSR count). The Morgan fingerprint density at radius 3 is 2.95 bits per heavy atom. The maximum Gasteiger partial charge on any atom is 0.124 e. The Bertz CT molecular complexity index is 556. The fourth-order valence-electron chi connectivity index (χ4n) is 2.03. The summed E-state index contributed by atoms with van der Waals surface area (Å²) in [5.41, 5.74) is 7.12. The number of methoxy groups -OCH3 is 1. The Labute approximate surface area is 117 Å². The Morgan fingerprint density at radius 1 is 1.35 bits per heavy atom. The van der Waals surface area contributed by atoms with Crippen LogP contribution >= 0.6 is 0 Å². The first-order chi connectivity index (χ1) is 9.72. The predicted molar refractivity (Wildman–Crippen MR) is 74.1 cm³/mol. The van der Waals surface area contributed by atoms with Gasteiger partial charge in [0.05, 0.1) is 19.3 Å². The zero-order valence-corrected chi connectivity index (χ0v) is 11.6. The van der Waals surface area contributed by atoms with Crippen LogP contribution in [0.4, 0.5) is 4.39 Å². The lowest BCUT2D eigenvalue weighted by Gasteiger charge is -2.07. The summed E-state index contributed by atoms with van der Waals surface area (Å²) in [6.45, 7) is 1.12. The van der Waals surface area contributed by atoms with Gasteiger partial charge in [-0.1, -0.05) is 5.21 Å². The molecular formula is C14H19FN4O. The zero-order valence-electron chi connectivity index (χ0n) is 11.6. The van der Waals surface area contributed by atoms with Crippen molar-refractivity contribution in [2.24, 2.45) is 5.73 Å². The van der Waals surface area contributed by atoms with Crippen molar-refractivity contribution in [3.05, 3.63) is 41.5 Å². The Hall–Kier alpha value is -1.95. The van der Waals surface area contributed by atoms with E-state index in [0.717, 1.165) is 30.5 Å². The van der Waals surface area contributed by atoms with Crippen LogP contribution in [0, 0.1) is 5.82 Å². The molecule has 1 aromatic carbocycles. The highest BCUT2D eigenvalue weighted by molar-refractivity contribution is 5.34. The van der Waals surface area contributed by atoms with E-state index in [1.807, 2.05) is 6.20 Å². The lowest BCUT2D eigenvalue weighted by molar-refractivity contribution is 0.405. The summed E-state index contributed by atoms with van der Waals surface area (Å²) in [4.78, 5) is 0. The lowest BCUT2D eigenvalue weighted by Crippen LogP contribution is -2.03. The summed E-state index contributed by atoms with van der Waals surface area (Å²) in [5, 5.41) is 8.15. The number of aromatic nitrogens is 3. The van der Waals surface area contributed by atoms with E-state index in [1.165, 1.54) is 12.1 Å². The van der Waals surface area contributed by atoms with E-state index in [2.05, 4.69) is 10.3 Å². The largest absolute Gasteiger partial charge is 0.496 e. The van der Waals surface area contributed by atoms with Crippen molar-refractivity contribution in [3.63, 3.8) is 0 Å². The Morgan fingerprint density at radius 2 is 2.20 bits per heavy atom. The van der Waals surface area contributed by atoms with Gasteiger partial charge in [-0.2, -0.15) is 0 Å². The van der Waals surface area contributed by atoms with Gasteiger partial charge in [0.25, 0.3) is 0 Å². The number of hydrogen-bond donors (Lipinski definition) is 1. The van der Waals surface area contributed by atoms with Gasteiger partial charge in [0, 0.05) is 11.8 Å². The summed E-state index contributed by atoms with van der Waals surface area (Å²) in [7, 11) is 1.57. The summed E-state index contributed by atoms with van der Waals surface area (Å²) >= 11 is 0. The smallest absolute Gasteiger partial charge is 0.124 e. The highest BCUT2D eigenvalue weighted by Crippen LogP contribution is 2.20. The van der Waals surface area contributed by atoms with Crippen molar-refractivity contribution in [3.8, 4) is 5.75 Å². The molecule has 0 radical (unpaired) electrons. The van der Waals surface area contributed by atoms with Gasteiger partial charge in [0.15, 0.2) is 0 Å². The molecule has 1 heterocycles. The summed E-state index contributed by atoms with van der Waals surface area (Å²) in [6, 6.07) is 4.44. The minimum atomic E-state index is -0.288. The maximum absolute atomic E-state index is 13.3. The molecule has 0 aliphatic heterocycles. The Balaban J connectivity index is 2.04. The molecule has 20 heavy (non-hydrogen) atoms. The molecule has 108 valence electrons. The quantitative estimate of drug-likeness (QED) is 0.784. The van der Waals surface area contributed by atoms with Gasteiger partial charge in [-0.3, -0.25) is 0 Å². The van der Waals surface area contributed by atoms with Crippen LogP contribution < -0.4 is 10.5 Å². The molecule has 0 aliphatic rings. The number of halogens is 1. The molecule has 0 saturated heterocycles. The van der Waals surface area contributed by atoms with E-state index in [1.54, 1.807) is 17.9 Å². The molecule has 5 nitrogen and oxygen atoms in total. The molecule has 1 aromatic heterocycles. The molecule has 0 atom stereocenters. The molecule has 2 N–H and O–H groups in total. The van der Waals surface area contributed by atoms with Crippen LogP contribution in [0.3, 0.4) is 0 Å². The molecular weight excluding hydrogens is 259 g/mol. The number of nitrogens with zero attached hydrogens (tertiary/aromatic N) is 3. The van der Waals surface area contributed by atoms with Crippen LogP contribution in [0.25, 0.3) is 0 Å². The monoisotopic (exact) mass is 278 g/mol. The first kappa shape index (κ1) is 14.5. The fourth-order valence-corrected chi connectivity index (χ4v) is 2.03. The second kappa shape index (κ2) is 7.00. The molecule has 0 bridgehead atoms. The van der Waals surface area contributed by atoms with Crippen molar-refractivity contribution in [2.75, 3.05) is 13.7 Å². The van der Waals surface area contributed by atoms with E-state index < -0.39 is 0 Å². The third-order valence-corrected chi connectivity index (χ3v) is 3.05. The van der Waals surface area contributed by atoms with Gasteiger partial charge >= 0.3 is 0 Å². The highest BCUT2D eigenvalue weighted by atomic mass is 19.1. The van der Waals surface area contributed by atoms with E-state index in [0.29, 0.717) is 18.8 Å². The molecule has 0 spiro atoms. The van der Waals surface area contributed by atoms with Gasteiger partial charge in [0.2, 0.25) is 0 Å². The van der Waals surface area contributed by atoms with Crippen LogP contribution in [-0.2, 0) is 13.0 Å². The van der Waals surface area contributed by atoms with Gasteiger partial charge in [-0.25, -0.2) is 9.07 Å². The molecule has 0 saturated carbocycles. The molecule has 0 unspecified atom stereocenters. The van der Waals surface area contributed by atoms with Crippen molar-refractivity contribution in [2.45, 2.75) is 25.8 Å². The van der Waals surface area contributed by atoms with E-state index >= 15 is 0 Å². The number of nitrogens with two attached hydrogens (primary N) is 1. The van der Waals surface area contributed by atoms with Crippen LogP contribution in [0.15, 0.2) is 24.4 Å². The average Bonchev–Trinajstić information content (AvgIpc) is 2.87. The van der Waals surface area contributed by atoms with Crippen molar-refractivity contribution in [1.82, 2.24) is 15.0 Å². The molecule has 2 aromatic rings. The lowest BCUT2D eigenvalue weighted by atomic mass is 10.2.